The monoisotopic (exact) mass is 490 g/mol. The number of carboxylic acids is 1. The Morgan fingerprint density at radius 3 is 1.91 bits per heavy atom. The van der Waals surface area contributed by atoms with Crippen LogP contribution in [0.1, 0.15) is 19.8 Å². The van der Waals surface area contributed by atoms with Crippen LogP contribution in [0.15, 0.2) is 53.3 Å². The zero-order valence-electron chi connectivity index (χ0n) is 19.6. The molecule has 0 aliphatic heterocycles. The molecule has 7 N–H and O–H groups in total. The first-order valence-electron chi connectivity index (χ1n) is 11.5. The molecule has 0 saturated heterocycles. The lowest BCUT2D eigenvalue weighted by Gasteiger charge is -2.25. The molecule has 0 bridgehead atoms. The highest BCUT2D eigenvalue weighted by Gasteiger charge is 2.29. The second-order valence-corrected chi connectivity index (χ2v) is 8.20. The number of fused-ring (bicyclic) bond motifs is 2. The summed E-state index contributed by atoms with van der Waals surface area (Å²) < 4.78 is 1.66. The number of benzene rings is 2. The maximum atomic E-state index is 12.4. The summed E-state index contributed by atoms with van der Waals surface area (Å²) >= 11 is 0. The summed E-state index contributed by atoms with van der Waals surface area (Å²) in [5, 5.41) is 58.9. The minimum atomic E-state index is -1.55. The van der Waals surface area contributed by atoms with E-state index in [1.54, 1.807) is 53.1 Å². The van der Waals surface area contributed by atoms with E-state index in [1.165, 1.54) is 0 Å². The van der Waals surface area contributed by atoms with Crippen LogP contribution in [0.2, 0.25) is 0 Å². The highest BCUT2D eigenvalue weighted by Crippen LogP contribution is 2.18. The Morgan fingerprint density at radius 2 is 1.43 bits per heavy atom. The molecule has 1 heterocycles. The van der Waals surface area contributed by atoms with E-state index in [-0.39, 0.29) is 18.5 Å². The van der Waals surface area contributed by atoms with E-state index in [9.17, 15) is 24.9 Å². The number of hydrogen-bond donors (Lipinski definition) is 7. The molecular weight excluding hydrogens is 456 g/mol. The number of nitrogens with zero attached hydrogens (tertiary/aromatic N) is 1. The summed E-state index contributed by atoms with van der Waals surface area (Å²) in [6.45, 7) is 2.07. The van der Waals surface area contributed by atoms with E-state index < -0.39 is 37.0 Å². The SMILES string of the molecule is CCCCNC[C@H](O)[C@H](O)[C@@H](O)[C@@H](O)CO.O=C(O)Cn1c2ccccc2c(=O)c2ccccc21. The molecule has 0 amide bonds. The molecule has 10 heteroatoms. The van der Waals surface area contributed by atoms with Crippen molar-refractivity contribution in [1.29, 1.82) is 0 Å². The molecule has 35 heavy (non-hydrogen) atoms. The number of carboxylic acid groups (broad SMARTS) is 1. The molecule has 0 saturated carbocycles. The van der Waals surface area contributed by atoms with Gasteiger partial charge in [0.2, 0.25) is 0 Å². The predicted molar refractivity (Wildman–Crippen MR) is 132 cm³/mol. The van der Waals surface area contributed by atoms with Crippen LogP contribution in [0.3, 0.4) is 0 Å². The Hall–Kier alpha value is -2.86. The van der Waals surface area contributed by atoms with Gasteiger partial charge in [0, 0.05) is 17.3 Å². The molecule has 0 spiro atoms. The predicted octanol–water partition coefficient (Wildman–Crippen LogP) is 0.0513. The smallest absolute Gasteiger partial charge is 0.323 e. The van der Waals surface area contributed by atoms with Crippen molar-refractivity contribution in [2.45, 2.75) is 50.7 Å². The van der Waals surface area contributed by atoms with E-state index in [0.717, 1.165) is 19.4 Å². The average molecular weight is 491 g/mol. The number of aliphatic hydroxyl groups excluding tert-OH is 5. The number of aromatic nitrogens is 1. The molecule has 4 atom stereocenters. The second-order valence-electron chi connectivity index (χ2n) is 8.20. The summed E-state index contributed by atoms with van der Waals surface area (Å²) in [4.78, 5) is 23.4. The summed E-state index contributed by atoms with van der Waals surface area (Å²) in [5.74, 6) is -0.932. The molecule has 0 aliphatic carbocycles. The van der Waals surface area contributed by atoms with Crippen LogP contribution in [-0.2, 0) is 11.3 Å². The van der Waals surface area contributed by atoms with Gasteiger partial charge in [-0.1, -0.05) is 37.6 Å². The summed E-state index contributed by atoms with van der Waals surface area (Å²) in [5.41, 5.74) is 1.23. The van der Waals surface area contributed by atoms with Crippen molar-refractivity contribution in [3.63, 3.8) is 0 Å². The number of hydrogen-bond acceptors (Lipinski definition) is 8. The van der Waals surface area contributed by atoms with Crippen LogP contribution in [0.5, 0.6) is 0 Å². The van der Waals surface area contributed by atoms with Crippen molar-refractivity contribution < 1.29 is 35.4 Å². The van der Waals surface area contributed by atoms with Gasteiger partial charge in [0.05, 0.1) is 23.7 Å². The minimum Gasteiger partial charge on any atom is -0.480 e. The molecule has 0 radical (unpaired) electrons. The summed E-state index contributed by atoms with van der Waals surface area (Å²) in [6.07, 6.45) is -3.65. The van der Waals surface area contributed by atoms with Gasteiger partial charge in [-0.2, -0.15) is 0 Å². The van der Waals surface area contributed by atoms with Crippen LogP contribution in [0, 0.1) is 0 Å². The first kappa shape index (κ1) is 28.4. The minimum absolute atomic E-state index is 0.0622. The lowest BCUT2D eigenvalue weighted by atomic mass is 10.0. The van der Waals surface area contributed by atoms with Crippen molar-refractivity contribution in [1.82, 2.24) is 9.88 Å². The zero-order chi connectivity index (χ0) is 26.0. The van der Waals surface area contributed by atoms with Gasteiger partial charge in [-0.3, -0.25) is 9.59 Å². The third-order valence-corrected chi connectivity index (χ3v) is 5.56. The molecule has 0 unspecified atom stereocenters. The maximum Gasteiger partial charge on any atom is 0.323 e. The van der Waals surface area contributed by atoms with E-state index in [1.807, 2.05) is 6.92 Å². The number of aliphatic hydroxyl groups is 5. The van der Waals surface area contributed by atoms with E-state index in [2.05, 4.69) is 5.32 Å². The number of para-hydroxylation sites is 2. The van der Waals surface area contributed by atoms with Crippen molar-refractivity contribution >= 4 is 27.8 Å². The Kier molecular flexibility index (Phi) is 11.3. The number of carbonyl (C=O) groups is 1. The third-order valence-electron chi connectivity index (χ3n) is 5.56. The van der Waals surface area contributed by atoms with E-state index >= 15 is 0 Å². The fraction of sp³-hybridized carbons (Fsp3) is 0.440. The first-order chi connectivity index (χ1) is 16.7. The molecule has 10 nitrogen and oxygen atoms in total. The van der Waals surface area contributed by atoms with Crippen LogP contribution in [0.25, 0.3) is 21.8 Å². The molecule has 0 fully saturated rings. The van der Waals surface area contributed by atoms with Crippen molar-refractivity contribution in [3.8, 4) is 0 Å². The molecule has 1 aromatic heterocycles. The number of nitrogens with one attached hydrogen (secondary N) is 1. The third kappa shape index (κ3) is 7.56. The standard InChI is InChI=1S/C15H11NO3.C10H23NO5/c17-14(18)9-16-12-7-3-1-5-10(12)15(19)11-6-2-4-8-13(11)16;1-2-3-4-11-5-7(13)9(15)10(16)8(14)6-12/h1-8H,9H2,(H,17,18);7-16H,2-6H2,1H3/t;7-,8-,9-,10-/m.0/s1. The highest BCUT2D eigenvalue weighted by atomic mass is 16.4. The second kappa shape index (κ2) is 13.9. The van der Waals surface area contributed by atoms with Gasteiger partial charge in [0.25, 0.3) is 0 Å². The highest BCUT2D eigenvalue weighted by molar-refractivity contribution is 5.94. The number of rotatable bonds is 11. The number of unbranched alkanes of at least 4 members (excludes halogenated alkanes) is 1. The van der Waals surface area contributed by atoms with Gasteiger partial charge in [-0.15, -0.1) is 0 Å². The van der Waals surface area contributed by atoms with Crippen molar-refractivity contribution in [3.05, 3.63) is 58.8 Å². The van der Waals surface area contributed by atoms with Crippen LogP contribution in [0.4, 0.5) is 0 Å². The van der Waals surface area contributed by atoms with Gasteiger partial charge in [-0.25, -0.2) is 0 Å². The van der Waals surface area contributed by atoms with Gasteiger partial charge in [0.1, 0.15) is 24.9 Å². The Morgan fingerprint density at radius 1 is 0.914 bits per heavy atom. The Labute approximate surface area is 202 Å². The molecule has 3 aromatic rings. The Bertz CT molecular complexity index is 1090. The van der Waals surface area contributed by atoms with Crippen molar-refractivity contribution in [2.24, 2.45) is 0 Å². The fourth-order valence-electron chi connectivity index (χ4n) is 3.62. The molecule has 192 valence electrons. The zero-order valence-corrected chi connectivity index (χ0v) is 19.6. The van der Waals surface area contributed by atoms with Crippen LogP contribution < -0.4 is 10.7 Å². The Balaban J connectivity index is 0.000000252. The number of aliphatic carboxylic acids is 1. The first-order valence-corrected chi connectivity index (χ1v) is 11.5. The molecular formula is C25H34N2O8. The quantitative estimate of drug-likeness (QED) is 0.145. The molecule has 2 aromatic carbocycles. The van der Waals surface area contributed by atoms with Crippen LogP contribution in [-0.4, -0.2) is 85.3 Å². The normalized spacial score (nSPS) is 14.7. The molecule has 0 aliphatic rings. The topological polar surface area (TPSA) is 172 Å². The summed E-state index contributed by atoms with van der Waals surface area (Å²) in [7, 11) is 0. The largest absolute Gasteiger partial charge is 0.480 e. The van der Waals surface area contributed by atoms with Gasteiger partial charge in [0.15, 0.2) is 5.43 Å². The van der Waals surface area contributed by atoms with E-state index in [0.29, 0.717) is 21.8 Å². The summed E-state index contributed by atoms with van der Waals surface area (Å²) in [6, 6.07) is 14.2. The maximum absolute atomic E-state index is 12.4. The van der Waals surface area contributed by atoms with Gasteiger partial charge < -0.3 is 40.5 Å². The fourth-order valence-corrected chi connectivity index (χ4v) is 3.62. The lowest BCUT2D eigenvalue weighted by molar-refractivity contribution is -0.137. The molecule has 3 rings (SSSR count). The average Bonchev–Trinajstić information content (AvgIpc) is 2.87. The van der Waals surface area contributed by atoms with Crippen LogP contribution >= 0.6 is 0 Å². The van der Waals surface area contributed by atoms with Gasteiger partial charge in [-0.05, 0) is 37.2 Å². The lowest BCUT2D eigenvalue weighted by Crippen LogP contribution is -2.49. The van der Waals surface area contributed by atoms with E-state index in [4.69, 9.17) is 15.3 Å². The number of pyridine rings is 1. The van der Waals surface area contributed by atoms with Gasteiger partial charge >= 0.3 is 5.97 Å². The van der Waals surface area contributed by atoms with Crippen molar-refractivity contribution in [2.75, 3.05) is 19.7 Å².